The average Bonchev–Trinajstić information content (AvgIpc) is 3.32. The fraction of sp³-hybridized carbons (Fsp3) is 0.111. The first-order valence-corrected chi connectivity index (χ1v) is 14.3. The van der Waals surface area contributed by atoms with Crippen molar-refractivity contribution in [2.45, 2.75) is 23.9 Å². The summed E-state index contributed by atoms with van der Waals surface area (Å²) in [7, 11) is -1.65. The van der Waals surface area contributed by atoms with Crippen molar-refractivity contribution >= 4 is 58.0 Å². The minimum absolute atomic E-state index is 0.187. The summed E-state index contributed by atoms with van der Waals surface area (Å²) in [5.74, 6) is 1.13. The molecule has 7 nitrogen and oxygen atoms in total. The smallest absolute Gasteiger partial charge is 0.240 e. The predicted molar refractivity (Wildman–Crippen MR) is 155 cm³/mol. The van der Waals surface area contributed by atoms with Crippen LogP contribution < -0.4 is 15.5 Å². The Hall–Kier alpha value is -3.37. The lowest BCUT2D eigenvalue weighted by molar-refractivity contribution is 0.581. The molecule has 3 aromatic carbocycles. The second kappa shape index (κ2) is 11.2. The number of benzene rings is 3. The van der Waals surface area contributed by atoms with E-state index in [0.29, 0.717) is 17.4 Å². The predicted octanol–water partition coefficient (Wildman–Crippen LogP) is 4.14. The van der Waals surface area contributed by atoms with Gasteiger partial charge in [-0.3, -0.25) is 0 Å². The molecule has 0 aliphatic carbocycles. The Kier molecular flexibility index (Phi) is 7.72. The first-order chi connectivity index (χ1) is 18.3. The van der Waals surface area contributed by atoms with E-state index in [0.717, 1.165) is 44.9 Å². The number of aromatic nitrogens is 3. The zero-order valence-electron chi connectivity index (χ0n) is 20.5. The number of hydrogen-bond donors (Lipinski definition) is 2. The Morgan fingerprint density at radius 3 is 2.24 bits per heavy atom. The maximum absolute atomic E-state index is 12.6. The number of nitrogens with one attached hydrogen (secondary N) is 2. The van der Waals surface area contributed by atoms with E-state index in [1.807, 2.05) is 62.4 Å². The topological polar surface area (TPSA) is 88.4 Å². The first-order valence-electron chi connectivity index (χ1n) is 11.9. The number of hydrogen-bond acceptors (Lipinski definition) is 5. The van der Waals surface area contributed by atoms with Crippen molar-refractivity contribution < 1.29 is 8.42 Å². The van der Waals surface area contributed by atoms with Crippen LogP contribution in [0.25, 0.3) is 16.9 Å². The quantitative estimate of drug-likeness (QED) is 0.208. The van der Waals surface area contributed by atoms with E-state index in [2.05, 4.69) is 15.1 Å². The molecule has 0 aliphatic rings. The van der Waals surface area contributed by atoms with Crippen molar-refractivity contribution in [2.75, 3.05) is 5.32 Å². The van der Waals surface area contributed by atoms with E-state index >= 15 is 0 Å². The van der Waals surface area contributed by atoms with Crippen LogP contribution in [0.4, 0.5) is 5.82 Å². The fourth-order valence-electron chi connectivity index (χ4n) is 3.99. The van der Waals surface area contributed by atoms with Gasteiger partial charge in [0.25, 0.3) is 0 Å². The van der Waals surface area contributed by atoms with Crippen LogP contribution in [0, 0.1) is 0 Å². The minimum Gasteiger partial charge on any atom is -0.366 e. The summed E-state index contributed by atoms with van der Waals surface area (Å²) in [6.07, 6.45) is 1.78. The van der Waals surface area contributed by atoms with Crippen molar-refractivity contribution in [1.82, 2.24) is 19.3 Å². The summed E-state index contributed by atoms with van der Waals surface area (Å²) >= 11 is 12.2. The number of rotatable bonds is 9. The molecule has 11 heteroatoms. The Labute approximate surface area is 232 Å². The third-order valence-electron chi connectivity index (χ3n) is 6.15. The van der Waals surface area contributed by atoms with Gasteiger partial charge in [0.15, 0.2) is 5.65 Å². The van der Waals surface area contributed by atoms with Crippen molar-refractivity contribution in [2.24, 2.45) is 0 Å². The lowest BCUT2D eigenvalue weighted by Gasteiger charge is -2.12. The van der Waals surface area contributed by atoms with E-state index in [-0.39, 0.29) is 11.4 Å². The van der Waals surface area contributed by atoms with Gasteiger partial charge in [-0.25, -0.2) is 18.1 Å². The van der Waals surface area contributed by atoms with E-state index < -0.39 is 10.0 Å². The molecule has 38 heavy (non-hydrogen) atoms. The molecule has 2 N–H and O–H groups in total. The van der Waals surface area contributed by atoms with Gasteiger partial charge in [0, 0.05) is 41.8 Å². The summed E-state index contributed by atoms with van der Waals surface area (Å²) in [4.78, 5) is 4.99. The van der Waals surface area contributed by atoms with Gasteiger partial charge in [0.1, 0.15) is 13.7 Å². The first kappa shape index (κ1) is 26.3. The maximum atomic E-state index is 12.6. The van der Waals surface area contributed by atoms with Crippen LogP contribution in [0.3, 0.4) is 0 Å². The Morgan fingerprint density at radius 1 is 0.895 bits per heavy atom. The van der Waals surface area contributed by atoms with Gasteiger partial charge in [-0.1, -0.05) is 66.2 Å². The molecule has 0 spiro atoms. The largest absolute Gasteiger partial charge is 0.366 e. The van der Waals surface area contributed by atoms with E-state index in [1.54, 1.807) is 35.0 Å². The highest BCUT2D eigenvalue weighted by Gasteiger charge is 2.14. The van der Waals surface area contributed by atoms with Crippen molar-refractivity contribution in [3.8, 4) is 11.3 Å². The summed E-state index contributed by atoms with van der Waals surface area (Å²) in [6, 6.07) is 23.8. The second-order valence-corrected chi connectivity index (χ2v) is 11.3. The average molecular weight is 564 g/mol. The molecule has 192 valence electrons. The van der Waals surface area contributed by atoms with Crippen LogP contribution in [-0.2, 0) is 29.0 Å². The van der Waals surface area contributed by atoms with Crippen LogP contribution in [-0.4, -0.2) is 30.9 Å². The van der Waals surface area contributed by atoms with Crippen molar-refractivity contribution in [3.05, 3.63) is 107 Å². The van der Waals surface area contributed by atoms with Crippen molar-refractivity contribution in [1.29, 1.82) is 0 Å². The van der Waals surface area contributed by atoms with Gasteiger partial charge in [0.05, 0.1) is 10.6 Å². The summed E-state index contributed by atoms with van der Waals surface area (Å²) in [6.45, 7) is 0.727. The van der Waals surface area contributed by atoms with E-state index in [4.69, 9.17) is 28.2 Å². The Bertz CT molecular complexity index is 1690. The molecule has 2 heterocycles. The molecule has 5 rings (SSSR count). The van der Waals surface area contributed by atoms with Gasteiger partial charge in [-0.2, -0.15) is 9.61 Å². The minimum atomic E-state index is -3.62. The van der Waals surface area contributed by atoms with Crippen LogP contribution in [0.15, 0.2) is 90.0 Å². The number of halogens is 2. The van der Waals surface area contributed by atoms with Crippen LogP contribution >= 0.6 is 23.2 Å². The standard InChI is InChI=1S/C27H24BCl2N5O2S/c28-23-17-32-35-26(13-25(34-27(23)35)22-3-1-2-4-24(22)30)31-15-19-5-7-20(8-6-19)16-33-38(36,37)21-11-9-18(14-29)10-12-21/h1-13,17,31,33H,14-16,28H2. The molecular weight excluding hydrogens is 540 g/mol. The molecule has 0 aliphatic heterocycles. The molecule has 0 fully saturated rings. The summed E-state index contributed by atoms with van der Waals surface area (Å²) in [5.41, 5.74) is 6.07. The highest BCUT2D eigenvalue weighted by atomic mass is 35.5. The highest BCUT2D eigenvalue weighted by Crippen LogP contribution is 2.28. The third-order valence-corrected chi connectivity index (χ3v) is 8.20. The highest BCUT2D eigenvalue weighted by molar-refractivity contribution is 7.89. The van der Waals surface area contributed by atoms with Crippen LogP contribution in [0.5, 0.6) is 0 Å². The van der Waals surface area contributed by atoms with Gasteiger partial charge in [-0.15, -0.1) is 11.6 Å². The third kappa shape index (κ3) is 5.71. The number of alkyl halides is 1. The number of nitrogens with zero attached hydrogens (tertiary/aromatic N) is 3. The molecule has 0 bridgehead atoms. The molecular formula is C27H24BCl2N5O2S. The van der Waals surface area contributed by atoms with Gasteiger partial charge < -0.3 is 5.32 Å². The zero-order valence-corrected chi connectivity index (χ0v) is 22.9. The van der Waals surface area contributed by atoms with Gasteiger partial charge in [-0.05, 0) is 40.4 Å². The van der Waals surface area contributed by atoms with Crippen LogP contribution in [0.1, 0.15) is 16.7 Å². The monoisotopic (exact) mass is 563 g/mol. The molecule has 5 aromatic rings. The molecule has 0 amide bonds. The molecule has 0 unspecified atom stereocenters. The Balaban J connectivity index is 1.28. The van der Waals surface area contributed by atoms with Crippen LogP contribution in [0.2, 0.25) is 5.02 Å². The Morgan fingerprint density at radius 2 is 1.55 bits per heavy atom. The van der Waals surface area contributed by atoms with E-state index in [1.165, 1.54) is 0 Å². The molecule has 0 atom stereocenters. The normalized spacial score (nSPS) is 11.6. The van der Waals surface area contributed by atoms with Gasteiger partial charge in [0.2, 0.25) is 10.0 Å². The summed E-state index contributed by atoms with van der Waals surface area (Å²) in [5, 5.41) is 8.55. The number of sulfonamides is 1. The van der Waals surface area contributed by atoms with E-state index in [9.17, 15) is 8.42 Å². The fourth-order valence-corrected chi connectivity index (χ4v) is 5.42. The number of anilines is 1. The second-order valence-electron chi connectivity index (χ2n) is 8.84. The molecule has 0 radical (unpaired) electrons. The zero-order chi connectivity index (χ0) is 26.7. The SMILES string of the molecule is Bc1cnn2c(NCc3ccc(CNS(=O)(=O)c4ccc(CCl)cc4)cc3)cc(-c3ccccc3Cl)nc12. The number of fused-ring (bicyclic) bond motifs is 1. The summed E-state index contributed by atoms with van der Waals surface area (Å²) < 4.78 is 29.7. The molecule has 0 saturated heterocycles. The lowest BCUT2D eigenvalue weighted by atomic mass is 10.0. The van der Waals surface area contributed by atoms with Crippen molar-refractivity contribution in [3.63, 3.8) is 0 Å². The molecule has 2 aromatic heterocycles. The maximum Gasteiger partial charge on any atom is 0.240 e. The lowest BCUT2D eigenvalue weighted by Crippen LogP contribution is -2.23. The van der Waals surface area contributed by atoms with Gasteiger partial charge >= 0.3 is 0 Å². The molecule has 0 saturated carbocycles.